The fourth-order valence-corrected chi connectivity index (χ4v) is 1.88. The number of carboxylic acids is 1. The number of nitrogens with one attached hydrogen (secondary N) is 1. The molecule has 0 spiro atoms. The van der Waals surface area contributed by atoms with Gasteiger partial charge in [0, 0.05) is 5.38 Å². The van der Waals surface area contributed by atoms with Crippen LogP contribution in [0.1, 0.15) is 31.9 Å². The lowest BCUT2D eigenvalue weighted by atomic mass is 10.3. The summed E-state index contributed by atoms with van der Waals surface area (Å²) in [6, 6.07) is 0. The number of carboxylic acid groups (broad SMARTS) is 1. The summed E-state index contributed by atoms with van der Waals surface area (Å²) in [5.74, 6) is -1.22. The van der Waals surface area contributed by atoms with Crippen LogP contribution in [-0.2, 0) is 14.4 Å². The molecule has 2 N–H and O–H groups in total. The number of anilines is 1. The molecule has 0 aliphatic carbocycles. The van der Waals surface area contributed by atoms with Crippen molar-refractivity contribution in [2.75, 3.05) is 11.9 Å². The van der Waals surface area contributed by atoms with Gasteiger partial charge in [0.05, 0.1) is 0 Å². The third kappa shape index (κ3) is 5.04. The number of aliphatic carboxylic acids is 1. The van der Waals surface area contributed by atoms with Crippen molar-refractivity contribution in [2.45, 2.75) is 26.2 Å². The van der Waals surface area contributed by atoms with E-state index in [2.05, 4.69) is 22.4 Å². The number of hydrogen-bond acceptors (Lipinski definition) is 6. The highest BCUT2D eigenvalue weighted by Crippen LogP contribution is 2.15. The van der Waals surface area contributed by atoms with E-state index >= 15 is 0 Å². The van der Waals surface area contributed by atoms with Crippen LogP contribution in [0.3, 0.4) is 0 Å². The SMILES string of the molecule is CCCCCO/N=C(\C(=O)O)c1csc(NC=O)n1. The predicted molar refractivity (Wildman–Crippen MR) is 71.5 cm³/mol. The highest BCUT2D eigenvalue weighted by atomic mass is 32.1. The van der Waals surface area contributed by atoms with E-state index in [1.807, 2.05) is 0 Å². The summed E-state index contributed by atoms with van der Waals surface area (Å²) >= 11 is 1.11. The number of oxime groups is 1. The van der Waals surface area contributed by atoms with Crippen LogP contribution in [0.4, 0.5) is 5.13 Å². The number of amides is 1. The van der Waals surface area contributed by atoms with Crippen molar-refractivity contribution in [2.24, 2.45) is 5.16 Å². The molecule has 0 aliphatic rings. The maximum absolute atomic E-state index is 11.1. The molecule has 0 unspecified atom stereocenters. The number of aromatic nitrogens is 1. The zero-order valence-corrected chi connectivity index (χ0v) is 11.3. The lowest BCUT2D eigenvalue weighted by Crippen LogP contribution is -2.16. The first-order chi connectivity index (χ1) is 9.19. The van der Waals surface area contributed by atoms with Gasteiger partial charge in [0.25, 0.3) is 0 Å². The molecule has 0 atom stereocenters. The number of unbranched alkanes of at least 4 members (excludes halogenated alkanes) is 2. The van der Waals surface area contributed by atoms with Gasteiger partial charge in [0.2, 0.25) is 12.1 Å². The van der Waals surface area contributed by atoms with E-state index in [-0.39, 0.29) is 11.4 Å². The van der Waals surface area contributed by atoms with Gasteiger partial charge in [0.15, 0.2) is 5.13 Å². The standard InChI is InChI=1S/C11H15N3O4S/c1-2-3-4-5-18-14-9(10(16)17)8-6-19-11(13-8)12-7-15/h6-7H,2-5H2,1H3,(H,16,17)(H,12,13,15)/b14-9-. The van der Waals surface area contributed by atoms with Gasteiger partial charge in [0.1, 0.15) is 12.3 Å². The van der Waals surface area contributed by atoms with Crippen molar-refractivity contribution in [1.29, 1.82) is 0 Å². The molecule has 0 bridgehead atoms. The molecule has 0 fully saturated rings. The second kappa shape index (κ2) is 8.20. The fraction of sp³-hybridized carbons (Fsp3) is 0.455. The molecule has 104 valence electrons. The van der Waals surface area contributed by atoms with Gasteiger partial charge in [-0.3, -0.25) is 4.79 Å². The van der Waals surface area contributed by atoms with Gasteiger partial charge in [-0.05, 0) is 6.42 Å². The average Bonchev–Trinajstić information content (AvgIpc) is 2.82. The molecule has 0 saturated heterocycles. The molecular weight excluding hydrogens is 270 g/mol. The van der Waals surface area contributed by atoms with Crippen LogP contribution in [0, 0.1) is 0 Å². The van der Waals surface area contributed by atoms with E-state index in [1.165, 1.54) is 5.38 Å². The second-order valence-corrected chi connectivity index (χ2v) is 4.44. The number of nitrogens with zero attached hydrogens (tertiary/aromatic N) is 2. The summed E-state index contributed by atoms with van der Waals surface area (Å²) in [4.78, 5) is 30.2. The minimum atomic E-state index is -1.22. The quantitative estimate of drug-likeness (QED) is 0.311. The highest BCUT2D eigenvalue weighted by molar-refractivity contribution is 7.14. The number of thiazole rings is 1. The molecule has 0 saturated carbocycles. The highest BCUT2D eigenvalue weighted by Gasteiger charge is 2.17. The van der Waals surface area contributed by atoms with Crippen molar-refractivity contribution >= 4 is 34.6 Å². The summed E-state index contributed by atoms with van der Waals surface area (Å²) in [7, 11) is 0. The van der Waals surface area contributed by atoms with Crippen LogP contribution in [0.25, 0.3) is 0 Å². The van der Waals surface area contributed by atoms with Crippen molar-refractivity contribution < 1.29 is 19.5 Å². The topological polar surface area (TPSA) is 101 Å². The number of hydrogen-bond donors (Lipinski definition) is 2. The van der Waals surface area contributed by atoms with Crippen molar-refractivity contribution in [3.8, 4) is 0 Å². The van der Waals surface area contributed by atoms with E-state index in [0.29, 0.717) is 18.1 Å². The van der Waals surface area contributed by atoms with Gasteiger partial charge in [-0.25, -0.2) is 9.78 Å². The van der Waals surface area contributed by atoms with Crippen LogP contribution in [0.2, 0.25) is 0 Å². The number of carbonyl (C=O) groups excluding carboxylic acids is 1. The maximum Gasteiger partial charge on any atom is 0.360 e. The Morgan fingerprint density at radius 3 is 3.05 bits per heavy atom. The summed E-state index contributed by atoms with van der Waals surface area (Å²) < 4.78 is 0. The molecule has 8 heteroatoms. The molecule has 7 nitrogen and oxygen atoms in total. The van der Waals surface area contributed by atoms with Crippen molar-refractivity contribution in [3.63, 3.8) is 0 Å². The van der Waals surface area contributed by atoms with E-state index in [0.717, 1.165) is 30.6 Å². The van der Waals surface area contributed by atoms with Crippen molar-refractivity contribution in [3.05, 3.63) is 11.1 Å². The Balaban J connectivity index is 2.67. The first kappa shape index (κ1) is 15.1. The first-order valence-corrected chi connectivity index (χ1v) is 6.66. The lowest BCUT2D eigenvalue weighted by molar-refractivity contribution is -0.129. The average molecular weight is 285 g/mol. The van der Waals surface area contributed by atoms with E-state index < -0.39 is 5.97 Å². The summed E-state index contributed by atoms with van der Waals surface area (Å²) in [5, 5.41) is 16.8. The zero-order valence-electron chi connectivity index (χ0n) is 10.5. The molecule has 0 radical (unpaired) electrons. The predicted octanol–water partition coefficient (Wildman–Crippen LogP) is 1.71. The number of rotatable bonds is 9. The molecule has 1 aromatic rings. The van der Waals surface area contributed by atoms with Crippen LogP contribution in [0.5, 0.6) is 0 Å². The Morgan fingerprint density at radius 1 is 1.63 bits per heavy atom. The normalized spacial score (nSPS) is 11.1. The molecule has 1 amide bonds. The van der Waals surface area contributed by atoms with Gasteiger partial charge in [-0.15, -0.1) is 11.3 Å². The van der Waals surface area contributed by atoms with Gasteiger partial charge >= 0.3 is 5.97 Å². The Kier molecular flexibility index (Phi) is 6.51. The second-order valence-electron chi connectivity index (χ2n) is 3.59. The van der Waals surface area contributed by atoms with Crippen LogP contribution in [0.15, 0.2) is 10.5 Å². The van der Waals surface area contributed by atoms with Crippen LogP contribution >= 0.6 is 11.3 Å². The monoisotopic (exact) mass is 285 g/mol. The smallest absolute Gasteiger partial charge is 0.360 e. The van der Waals surface area contributed by atoms with E-state index in [1.54, 1.807) is 0 Å². The third-order valence-electron chi connectivity index (χ3n) is 2.13. The summed E-state index contributed by atoms with van der Waals surface area (Å²) in [5.41, 5.74) is -0.107. The largest absolute Gasteiger partial charge is 0.476 e. The molecule has 0 aliphatic heterocycles. The molecule has 19 heavy (non-hydrogen) atoms. The Morgan fingerprint density at radius 2 is 2.42 bits per heavy atom. The Bertz CT molecular complexity index is 459. The van der Waals surface area contributed by atoms with Crippen molar-refractivity contribution in [1.82, 2.24) is 4.98 Å². The lowest BCUT2D eigenvalue weighted by Gasteiger charge is -2.00. The minimum Gasteiger partial charge on any atom is -0.476 e. The molecular formula is C11H15N3O4S. The van der Waals surface area contributed by atoms with Gasteiger partial charge in [-0.2, -0.15) is 0 Å². The Hall–Kier alpha value is -1.96. The number of carbonyl (C=O) groups is 2. The zero-order chi connectivity index (χ0) is 14.1. The first-order valence-electron chi connectivity index (χ1n) is 5.78. The Labute approximate surface area is 114 Å². The minimum absolute atomic E-state index is 0.164. The molecule has 1 aromatic heterocycles. The van der Waals surface area contributed by atoms with E-state index in [4.69, 9.17) is 9.94 Å². The van der Waals surface area contributed by atoms with Crippen LogP contribution < -0.4 is 5.32 Å². The molecule has 1 heterocycles. The van der Waals surface area contributed by atoms with Gasteiger partial charge < -0.3 is 15.3 Å². The van der Waals surface area contributed by atoms with E-state index in [9.17, 15) is 9.59 Å². The fourth-order valence-electron chi connectivity index (χ4n) is 1.22. The molecule has 1 rings (SSSR count). The van der Waals surface area contributed by atoms with Gasteiger partial charge in [-0.1, -0.05) is 24.9 Å². The molecule has 0 aromatic carbocycles. The van der Waals surface area contributed by atoms with Crippen LogP contribution in [-0.4, -0.2) is 34.8 Å². The summed E-state index contributed by atoms with van der Waals surface area (Å²) in [6.07, 6.45) is 3.34. The third-order valence-corrected chi connectivity index (χ3v) is 2.90. The summed E-state index contributed by atoms with van der Waals surface area (Å²) in [6.45, 7) is 2.43. The maximum atomic E-state index is 11.1.